The Balaban J connectivity index is 0.000000364. The summed E-state index contributed by atoms with van der Waals surface area (Å²) in [5.74, 6) is 0.0691. The van der Waals surface area contributed by atoms with Gasteiger partial charge in [0, 0.05) is 6.07 Å². The lowest BCUT2D eigenvalue weighted by Gasteiger charge is -1.87. The Hall–Kier alpha value is -2.38. The quantitative estimate of drug-likeness (QED) is 0.262. The van der Waals surface area contributed by atoms with E-state index in [0.29, 0.717) is 0 Å². The first-order valence-electron chi connectivity index (χ1n) is 3.39. The second-order valence-electron chi connectivity index (χ2n) is 2.02. The molecule has 1 heterocycles. The van der Waals surface area contributed by atoms with Gasteiger partial charge in [-0.2, -0.15) is 0 Å². The minimum Gasteiger partial charge on any atom is -0.370 e. The number of rotatable bonds is 1. The fourth-order valence-electron chi connectivity index (χ4n) is 0.602. The number of aromatic amines is 1. The topological polar surface area (TPSA) is 145 Å². The molecule has 0 aliphatic rings. The van der Waals surface area contributed by atoms with Gasteiger partial charge in [0.25, 0.3) is 0 Å². The number of aliphatic imine (C=N–C) groups is 1. The minimum absolute atomic E-state index is 0.0691. The summed E-state index contributed by atoms with van der Waals surface area (Å²) in [6, 6.07) is 3.62. The maximum absolute atomic E-state index is 8.25. The predicted octanol–water partition coefficient (Wildman–Crippen LogP) is -0.833. The molecule has 0 saturated carbocycles. The molecule has 8 heteroatoms. The second kappa shape index (κ2) is 6.17. The summed E-state index contributed by atoms with van der Waals surface area (Å²) in [6.45, 7) is 0. The monoisotopic (exact) mass is 199 g/mol. The van der Waals surface area contributed by atoms with Crippen molar-refractivity contribution in [2.24, 2.45) is 16.5 Å². The molecule has 0 aliphatic heterocycles. The van der Waals surface area contributed by atoms with Crippen LogP contribution in [-0.2, 0) is 0 Å². The van der Waals surface area contributed by atoms with Gasteiger partial charge >= 0.3 is 0 Å². The molecule has 0 aliphatic carbocycles. The molecular weight excluding hydrogens is 190 g/mol. The molecule has 14 heavy (non-hydrogen) atoms. The lowest BCUT2D eigenvalue weighted by molar-refractivity contribution is -0.402. The van der Waals surface area contributed by atoms with Crippen LogP contribution in [0.2, 0.25) is 0 Å². The Morgan fingerprint density at radius 3 is 2.43 bits per heavy atom. The highest BCUT2D eigenvalue weighted by Gasteiger charge is 1.89. The van der Waals surface area contributed by atoms with Crippen LogP contribution in [0.1, 0.15) is 0 Å². The molecule has 0 unspecified atom stereocenters. The van der Waals surface area contributed by atoms with Gasteiger partial charge in [0.05, 0.1) is 5.09 Å². The Labute approximate surface area is 79.0 Å². The van der Waals surface area contributed by atoms with Crippen molar-refractivity contribution in [3.63, 3.8) is 0 Å². The van der Waals surface area contributed by atoms with Crippen LogP contribution in [0.4, 0.5) is 5.69 Å². The highest BCUT2D eigenvalue weighted by molar-refractivity contribution is 5.78. The Kier molecular flexibility index (Phi) is 5.12. The van der Waals surface area contributed by atoms with Crippen LogP contribution in [0.15, 0.2) is 29.5 Å². The molecule has 0 amide bonds. The first kappa shape index (κ1) is 11.6. The van der Waals surface area contributed by atoms with Crippen LogP contribution in [-0.4, -0.2) is 11.0 Å². The SMILES string of the molecule is NC(N)=Nc1ccc[nH+]c1.O=[N+]([O-])[O-]. The summed E-state index contributed by atoms with van der Waals surface area (Å²) >= 11 is 0. The normalized spacial score (nSPS) is 8.00. The van der Waals surface area contributed by atoms with E-state index in [1.54, 1.807) is 18.5 Å². The third-order valence-corrected chi connectivity index (χ3v) is 0.949. The zero-order valence-electron chi connectivity index (χ0n) is 7.08. The van der Waals surface area contributed by atoms with E-state index >= 15 is 0 Å². The molecule has 0 fully saturated rings. The maximum atomic E-state index is 8.25. The number of aromatic nitrogens is 1. The molecule has 76 valence electrons. The van der Waals surface area contributed by atoms with Crippen molar-refractivity contribution >= 4 is 11.6 Å². The zero-order chi connectivity index (χ0) is 11.0. The van der Waals surface area contributed by atoms with Gasteiger partial charge in [-0.15, -0.1) is 0 Å². The van der Waals surface area contributed by atoms with Crippen LogP contribution in [0.3, 0.4) is 0 Å². The molecule has 1 aromatic rings. The Bertz CT molecular complexity index is 305. The van der Waals surface area contributed by atoms with Gasteiger partial charge in [-0.25, -0.2) is 9.98 Å². The van der Waals surface area contributed by atoms with Crippen molar-refractivity contribution in [1.29, 1.82) is 0 Å². The van der Waals surface area contributed by atoms with Gasteiger partial charge in [0.1, 0.15) is 5.69 Å². The van der Waals surface area contributed by atoms with Gasteiger partial charge in [0.15, 0.2) is 18.4 Å². The molecule has 0 radical (unpaired) electrons. The molecule has 1 rings (SSSR count). The predicted molar refractivity (Wildman–Crippen MR) is 48.8 cm³/mol. The van der Waals surface area contributed by atoms with E-state index in [1.807, 2.05) is 6.07 Å². The summed E-state index contributed by atoms with van der Waals surface area (Å²) in [5.41, 5.74) is 11.0. The van der Waals surface area contributed by atoms with Gasteiger partial charge in [-0.3, -0.25) is 0 Å². The van der Waals surface area contributed by atoms with E-state index in [0.717, 1.165) is 5.69 Å². The summed E-state index contributed by atoms with van der Waals surface area (Å²) < 4.78 is 0. The van der Waals surface area contributed by atoms with Crippen molar-refractivity contribution in [3.8, 4) is 0 Å². The number of H-pyrrole nitrogens is 1. The Morgan fingerprint density at radius 1 is 1.50 bits per heavy atom. The largest absolute Gasteiger partial charge is 0.370 e. The summed E-state index contributed by atoms with van der Waals surface area (Å²) in [5, 5.41) is 14.8. The van der Waals surface area contributed by atoms with Crippen molar-refractivity contribution in [2.75, 3.05) is 0 Å². The van der Waals surface area contributed by atoms with Gasteiger partial charge in [-0.05, 0) is 6.07 Å². The van der Waals surface area contributed by atoms with Crippen LogP contribution >= 0.6 is 0 Å². The standard InChI is InChI=1S/C6H8N4.NO3/c7-6(8)10-5-2-1-3-9-4-5;2-1(3)4/h1-4H,(H4,7,8,10);/q;-1/p+1. The first-order valence-corrected chi connectivity index (χ1v) is 3.39. The zero-order valence-corrected chi connectivity index (χ0v) is 7.08. The van der Waals surface area contributed by atoms with E-state index in [-0.39, 0.29) is 5.96 Å². The molecule has 0 spiro atoms. The number of nitrogens with zero attached hydrogens (tertiary/aromatic N) is 2. The van der Waals surface area contributed by atoms with Crippen LogP contribution in [0.5, 0.6) is 0 Å². The third kappa shape index (κ3) is 7.72. The average Bonchev–Trinajstić information content (AvgIpc) is 2.03. The third-order valence-electron chi connectivity index (χ3n) is 0.949. The highest BCUT2D eigenvalue weighted by atomic mass is 16.9. The molecular formula is C6H9N5O3. The van der Waals surface area contributed by atoms with Crippen molar-refractivity contribution < 1.29 is 10.1 Å². The number of nitrogens with one attached hydrogen (secondary N) is 1. The van der Waals surface area contributed by atoms with Crippen molar-refractivity contribution in [2.45, 2.75) is 0 Å². The molecule has 1 aromatic heterocycles. The number of hydrogen-bond acceptors (Lipinski definition) is 4. The van der Waals surface area contributed by atoms with E-state index in [9.17, 15) is 0 Å². The highest BCUT2D eigenvalue weighted by Crippen LogP contribution is 2.03. The lowest BCUT2D eigenvalue weighted by Crippen LogP contribution is -2.22. The fraction of sp³-hybridized carbons (Fsp3) is 0. The van der Waals surface area contributed by atoms with Crippen molar-refractivity contribution in [3.05, 3.63) is 39.8 Å². The first-order chi connectivity index (χ1) is 6.52. The maximum Gasteiger partial charge on any atom is 0.193 e. The van der Waals surface area contributed by atoms with E-state index in [1.165, 1.54) is 0 Å². The number of pyridine rings is 1. The van der Waals surface area contributed by atoms with E-state index < -0.39 is 5.09 Å². The average molecular weight is 199 g/mol. The minimum atomic E-state index is -1.75. The van der Waals surface area contributed by atoms with E-state index in [4.69, 9.17) is 26.8 Å². The molecule has 8 nitrogen and oxygen atoms in total. The van der Waals surface area contributed by atoms with Gasteiger partial charge in [-0.1, -0.05) is 0 Å². The number of nitrogens with two attached hydrogens (primary N) is 2. The van der Waals surface area contributed by atoms with Gasteiger partial charge in [0.2, 0.25) is 0 Å². The Morgan fingerprint density at radius 2 is 2.07 bits per heavy atom. The molecule has 0 aromatic carbocycles. The number of hydrogen-bond donors (Lipinski definition) is 2. The van der Waals surface area contributed by atoms with Crippen molar-refractivity contribution in [1.82, 2.24) is 0 Å². The summed E-state index contributed by atoms with van der Waals surface area (Å²) in [6.07, 6.45) is 3.49. The molecule has 0 atom stereocenters. The second-order valence-corrected chi connectivity index (χ2v) is 2.02. The molecule has 0 bridgehead atoms. The fourth-order valence-corrected chi connectivity index (χ4v) is 0.602. The lowest BCUT2D eigenvalue weighted by atomic mass is 10.4. The molecule has 0 saturated heterocycles. The smallest absolute Gasteiger partial charge is 0.193 e. The summed E-state index contributed by atoms with van der Waals surface area (Å²) in [7, 11) is 0. The van der Waals surface area contributed by atoms with Gasteiger partial charge < -0.3 is 26.8 Å². The number of guanidine groups is 1. The molecule has 5 N–H and O–H groups in total. The summed E-state index contributed by atoms with van der Waals surface area (Å²) in [4.78, 5) is 14.9. The van der Waals surface area contributed by atoms with E-state index in [2.05, 4.69) is 9.98 Å². The van der Waals surface area contributed by atoms with Crippen LogP contribution < -0.4 is 16.5 Å². The van der Waals surface area contributed by atoms with Crippen LogP contribution in [0, 0.1) is 15.3 Å². The van der Waals surface area contributed by atoms with Crippen LogP contribution in [0.25, 0.3) is 0 Å².